The van der Waals surface area contributed by atoms with Gasteiger partial charge in [-0.2, -0.15) is 0 Å². The van der Waals surface area contributed by atoms with E-state index in [1.165, 1.54) is 42.3 Å². The molecule has 1 aliphatic heterocycles. The van der Waals surface area contributed by atoms with E-state index in [-0.39, 0.29) is 22.2 Å². The number of anilines is 2. The molecule has 1 saturated heterocycles. The number of carbonyl (C=O) groups is 1. The van der Waals surface area contributed by atoms with Gasteiger partial charge in [-0.1, -0.05) is 12.1 Å². The van der Waals surface area contributed by atoms with E-state index in [0.29, 0.717) is 18.7 Å². The number of hydrogen-bond donors (Lipinski definition) is 1. The molecule has 6 nitrogen and oxygen atoms in total. The van der Waals surface area contributed by atoms with Crippen LogP contribution in [0.2, 0.25) is 0 Å². The Morgan fingerprint density at radius 2 is 1.96 bits per heavy atom. The first-order valence-corrected chi connectivity index (χ1v) is 9.16. The van der Waals surface area contributed by atoms with Crippen LogP contribution in [0.3, 0.4) is 0 Å². The van der Waals surface area contributed by atoms with Gasteiger partial charge in [-0.3, -0.25) is 9.52 Å². The average molecular weight is 364 g/mol. The summed E-state index contributed by atoms with van der Waals surface area (Å²) in [5, 5.41) is 0. The molecule has 0 unspecified atom stereocenters. The van der Waals surface area contributed by atoms with Gasteiger partial charge in [0, 0.05) is 18.7 Å². The Labute approximate surface area is 145 Å². The number of amides is 1. The Hall–Kier alpha value is -2.61. The first-order chi connectivity index (χ1) is 11.9. The molecule has 8 heteroatoms. The van der Waals surface area contributed by atoms with Crippen LogP contribution in [-0.4, -0.2) is 28.0 Å². The summed E-state index contributed by atoms with van der Waals surface area (Å²) < 4.78 is 46.6. The summed E-state index contributed by atoms with van der Waals surface area (Å²) in [6.07, 6.45) is 1.15. The van der Waals surface area contributed by atoms with Crippen LogP contribution in [-0.2, 0) is 14.8 Å². The highest BCUT2D eigenvalue weighted by molar-refractivity contribution is 7.92. The van der Waals surface area contributed by atoms with Crippen molar-refractivity contribution >= 4 is 27.3 Å². The molecule has 1 amide bonds. The number of halogens is 1. The zero-order valence-electron chi connectivity index (χ0n) is 13.5. The Morgan fingerprint density at radius 3 is 2.60 bits per heavy atom. The monoisotopic (exact) mass is 364 g/mol. The van der Waals surface area contributed by atoms with Crippen LogP contribution in [0.5, 0.6) is 5.75 Å². The number of sulfonamides is 1. The molecule has 0 radical (unpaired) electrons. The molecule has 1 aliphatic rings. The summed E-state index contributed by atoms with van der Waals surface area (Å²) in [4.78, 5) is 13.3. The van der Waals surface area contributed by atoms with Crippen molar-refractivity contribution in [1.82, 2.24) is 0 Å². The molecule has 2 aromatic carbocycles. The lowest BCUT2D eigenvalue weighted by molar-refractivity contribution is -0.117. The molecule has 0 bridgehead atoms. The second-order valence-corrected chi connectivity index (χ2v) is 7.22. The molecule has 1 heterocycles. The minimum Gasteiger partial charge on any atom is -0.495 e. The topological polar surface area (TPSA) is 75.7 Å². The molecule has 0 saturated carbocycles. The summed E-state index contributed by atoms with van der Waals surface area (Å²) >= 11 is 0. The number of nitrogens with one attached hydrogen (secondary N) is 1. The van der Waals surface area contributed by atoms with E-state index in [4.69, 9.17) is 4.74 Å². The van der Waals surface area contributed by atoms with Gasteiger partial charge < -0.3 is 9.64 Å². The van der Waals surface area contributed by atoms with E-state index >= 15 is 0 Å². The van der Waals surface area contributed by atoms with Crippen LogP contribution in [0.4, 0.5) is 15.8 Å². The largest absolute Gasteiger partial charge is 0.495 e. The van der Waals surface area contributed by atoms with Crippen molar-refractivity contribution in [1.29, 1.82) is 0 Å². The highest BCUT2D eigenvalue weighted by Gasteiger charge is 2.26. The number of benzene rings is 2. The molecule has 0 aliphatic carbocycles. The molecule has 0 atom stereocenters. The van der Waals surface area contributed by atoms with Crippen molar-refractivity contribution in [3.05, 3.63) is 48.3 Å². The molecule has 0 spiro atoms. The van der Waals surface area contributed by atoms with Gasteiger partial charge in [0.05, 0.1) is 12.8 Å². The Morgan fingerprint density at radius 1 is 1.20 bits per heavy atom. The number of carbonyl (C=O) groups excluding carboxylic acids is 1. The van der Waals surface area contributed by atoms with Crippen molar-refractivity contribution in [2.45, 2.75) is 17.7 Å². The van der Waals surface area contributed by atoms with Gasteiger partial charge in [0.15, 0.2) is 0 Å². The van der Waals surface area contributed by atoms with Crippen molar-refractivity contribution < 1.29 is 22.3 Å². The van der Waals surface area contributed by atoms with Gasteiger partial charge in [-0.15, -0.1) is 0 Å². The zero-order valence-corrected chi connectivity index (χ0v) is 14.3. The van der Waals surface area contributed by atoms with Crippen LogP contribution >= 0.6 is 0 Å². The van der Waals surface area contributed by atoms with Gasteiger partial charge in [-0.05, 0) is 36.8 Å². The molecular weight excluding hydrogens is 347 g/mol. The van der Waals surface area contributed by atoms with Gasteiger partial charge >= 0.3 is 0 Å². The molecule has 1 N–H and O–H groups in total. The van der Waals surface area contributed by atoms with Crippen molar-refractivity contribution in [3.63, 3.8) is 0 Å². The number of rotatable bonds is 5. The number of ether oxygens (including phenoxy) is 1. The third-order valence-electron chi connectivity index (χ3n) is 3.94. The van der Waals surface area contributed by atoms with Gasteiger partial charge in [-0.25, -0.2) is 12.8 Å². The summed E-state index contributed by atoms with van der Waals surface area (Å²) in [5.74, 6) is -0.634. The van der Waals surface area contributed by atoms with Crippen molar-refractivity contribution in [2.24, 2.45) is 0 Å². The Kier molecular flexibility index (Phi) is 4.63. The molecular formula is C17H17FN2O4S. The number of hydrogen-bond acceptors (Lipinski definition) is 4. The summed E-state index contributed by atoms with van der Waals surface area (Å²) in [7, 11) is -2.76. The SMILES string of the molecule is COc1ccc(N2CCCC2=O)cc1S(=O)(=O)Nc1ccccc1F. The van der Waals surface area contributed by atoms with Crippen LogP contribution in [0.15, 0.2) is 47.4 Å². The van der Waals surface area contributed by atoms with E-state index in [9.17, 15) is 17.6 Å². The maximum Gasteiger partial charge on any atom is 0.265 e. The Balaban J connectivity index is 2.01. The minimum atomic E-state index is -4.10. The van der Waals surface area contributed by atoms with Crippen molar-refractivity contribution in [3.8, 4) is 5.75 Å². The van der Waals surface area contributed by atoms with E-state index in [1.807, 2.05) is 0 Å². The van der Waals surface area contributed by atoms with Gasteiger partial charge in [0.25, 0.3) is 10.0 Å². The van der Waals surface area contributed by atoms with Gasteiger partial charge in [0.1, 0.15) is 16.5 Å². The highest BCUT2D eigenvalue weighted by atomic mass is 32.2. The lowest BCUT2D eigenvalue weighted by Crippen LogP contribution is -2.24. The fourth-order valence-electron chi connectivity index (χ4n) is 2.71. The van der Waals surface area contributed by atoms with E-state index in [0.717, 1.165) is 12.5 Å². The number of para-hydroxylation sites is 1. The molecule has 3 rings (SSSR count). The van der Waals surface area contributed by atoms with Crippen LogP contribution < -0.4 is 14.4 Å². The second-order valence-electron chi connectivity index (χ2n) is 5.57. The normalized spacial score (nSPS) is 14.6. The zero-order chi connectivity index (χ0) is 18.0. The maximum absolute atomic E-state index is 13.8. The number of nitrogens with zero attached hydrogens (tertiary/aromatic N) is 1. The third-order valence-corrected chi connectivity index (χ3v) is 5.33. The first-order valence-electron chi connectivity index (χ1n) is 7.68. The average Bonchev–Trinajstić information content (AvgIpc) is 3.02. The summed E-state index contributed by atoms with van der Waals surface area (Å²) in [6, 6.07) is 9.96. The fraction of sp³-hybridized carbons (Fsp3) is 0.235. The molecule has 132 valence electrons. The maximum atomic E-state index is 13.8. The van der Waals surface area contributed by atoms with Crippen LogP contribution in [0.1, 0.15) is 12.8 Å². The first kappa shape index (κ1) is 17.2. The van der Waals surface area contributed by atoms with Crippen LogP contribution in [0.25, 0.3) is 0 Å². The van der Waals surface area contributed by atoms with E-state index in [2.05, 4.69) is 4.72 Å². The standard InChI is InChI=1S/C17H17FN2O4S/c1-24-15-9-8-12(20-10-4-7-17(20)21)11-16(15)25(22,23)19-14-6-3-2-5-13(14)18/h2-3,5-6,8-9,11,19H,4,7,10H2,1H3. The lowest BCUT2D eigenvalue weighted by atomic mass is 10.3. The van der Waals surface area contributed by atoms with Crippen molar-refractivity contribution in [2.75, 3.05) is 23.3 Å². The molecule has 2 aromatic rings. The predicted molar refractivity (Wildman–Crippen MR) is 91.8 cm³/mol. The Bertz CT molecular complexity index is 915. The fourth-order valence-corrected chi connectivity index (χ4v) is 3.97. The second kappa shape index (κ2) is 6.72. The number of methoxy groups -OCH3 is 1. The van der Waals surface area contributed by atoms with Crippen LogP contribution in [0, 0.1) is 5.82 Å². The lowest BCUT2D eigenvalue weighted by Gasteiger charge is -2.18. The van der Waals surface area contributed by atoms with Gasteiger partial charge in [0.2, 0.25) is 5.91 Å². The predicted octanol–water partition coefficient (Wildman–Crippen LogP) is 2.76. The van der Waals surface area contributed by atoms with E-state index < -0.39 is 15.8 Å². The quantitative estimate of drug-likeness (QED) is 0.885. The molecule has 1 fully saturated rings. The summed E-state index contributed by atoms with van der Waals surface area (Å²) in [5.41, 5.74) is 0.310. The molecule has 25 heavy (non-hydrogen) atoms. The molecule has 0 aromatic heterocycles. The summed E-state index contributed by atoms with van der Waals surface area (Å²) in [6.45, 7) is 0.533. The smallest absolute Gasteiger partial charge is 0.265 e. The highest BCUT2D eigenvalue weighted by Crippen LogP contribution is 2.32. The minimum absolute atomic E-state index is 0.0597. The third kappa shape index (κ3) is 3.43. The van der Waals surface area contributed by atoms with E-state index in [1.54, 1.807) is 6.07 Å².